The molecule has 102 valence electrons. The fourth-order valence-corrected chi connectivity index (χ4v) is 2.11. The number of ether oxygens (including phenoxy) is 1. The van der Waals surface area contributed by atoms with E-state index in [1.807, 2.05) is 6.07 Å². The van der Waals surface area contributed by atoms with Crippen molar-refractivity contribution in [1.29, 1.82) is 0 Å². The van der Waals surface area contributed by atoms with Crippen molar-refractivity contribution in [1.82, 2.24) is 5.32 Å². The molecule has 2 amide bonds. The van der Waals surface area contributed by atoms with Gasteiger partial charge < -0.3 is 21.1 Å². The van der Waals surface area contributed by atoms with E-state index in [1.165, 1.54) is 0 Å². The first-order valence-electron chi connectivity index (χ1n) is 6.11. The maximum atomic E-state index is 11.9. The van der Waals surface area contributed by atoms with Gasteiger partial charge in [0.1, 0.15) is 5.75 Å². The SMILES string of the molecule is COc1cccc(NC(=O)NC(C(N)=S)C2CC2)c1. The van der Waals surface area contributed by atoms with Crippen LogP contribution in [0.4, 0.5) is 10.5 Å². The van der Waals surface area contributed by atoms with Gasteiger partial charge >= 0.3 is 6.03 Å². The van der Waals surface area contributed by atoms with Gasteiger partial charge in [0.2, 0.25) is 0 Å². The lowest BCUT2D eigenvalue weighted by Gasteiger charge is -2.17. The van der Waals surface area contributed by atoms with Crippen LogP contribution in [-0.4, -0.2) is 24.2 Å². The van der Waals surface area contributed by atoms with Gasteiger partial charge in [-0.05, 0) is 30.9 Å². The molecule has 1 aromatic rings. The van der Waals surface area contributed by atoms with E-state index in [0.717, 1.165) is 12.8 Å². The highest BCUT2D eigenvalue weighted by atomic mass is 32.1. The number of carbonyl (C=O) groups is 1. The van der Waals surface area contributed by atoms with E-state index in [1.54, 1.807) is 25.3 Å². The topological polar surface area (TPSA) is 76.4 Å². The molecule has 0 spiro atoms. The number of amides is 2. The Morgan fingerprint density at radius 1 is 1.53 bits per heavy atom. The Bertz CT molecular complexity index is 489. The number of nitrogens with two attached hydrogens (primary N) is 1. The van der Waals surface area contributed by atoms with Crippen molar-refractivity contribution in [2.75, 3.05) is 12.4 Å². The van der Waals surface area contributed by atoms with Gasteiger partial charge in [-0.25, -0.2) is 4.79 Å². The Kier molecular flexibility index (Phi) is 4.21. The zero-order valence-corrected chi connectivity index (χ0v) is 11.5. The third-order valence-corrected chi connectivity index (χ3v) is 3.27. The van der Waals surface area contributed by atoms with Crippen LogP contribution in [0.2, 0.25) is 0 Å². The lowest BCUT2D eigenvalue weighted by atomic mass is 10.2. The van der Waals surface area contributed by atoms with E-state index in [-0.39, 0.29) is 12.1 Å². The summed E-state index contributed by atoms with van der Waals surface area (Å²) in [6, 6.07) is 6.62. The number of carbonyl (C=O) groups excluding carboxylic acids is 1. The normalized spacial score (nSPS) is 15.4. The minimum Gasteiger partial charge on any atom is -0.497 e. The predicted octanol–water partition coefficient (Wildman–Crippen LogP) is 1.88. The zero-order valence-electron chi connectivity index (χ0n) is 10.7. The molecule has 1 aliphatic rings. The zero-order chi connectivity index (χ0) is 13.8. The van der Waals surface area contributed by atoms with Crippen LogP contribution in [0.15, 0.2) is 24.3 Å². The van der Waals surface area contributed by atoms with Crippen LogP contribution in [-0.2, 0) is 0 Å². The first-order chi connectivity index (χ1) is 9.10. The molecule has 0 heterocycles. The third-order valence-electron chi connectivity index (χ3n) is 3.01. The van der Waals surface area contributed by atoms with E-state index >= 15 is 0 Å². The summed E-state index contributed by atoms with van der Waals surface area (Å²) in [7, 11) is 1.58. The van der Waals surface area contributed by atoms with Crippen LogP contribution < -0.4 is 21.1 Å². The van der Waals surface area contributed by atoms with Gasteiger partial charge in [0, 0.05) is 11.8 Å². The van der Waals surface area contributed by atoms with Crippen LogP contribution in [0.1, 0.15) is 12.8 Å². The monoisotopic (exact) mass is 279 g/mol. The second-order valence-corrected chi connectivity index (χ2v) is 5.02. The summed E-state index contributed by atoms with van der Waals surface area (Å²) in [6.45, 7) is 0. The molecule has 0 saturated heterocycles. The lowest BCUT2D eigenvalue weighted by Crippen LogP contribution is -2.46. The number of rotatable bonds is 5. The van der Waals surface area contributed by atoms with Crippen molar-refractivity contribution in [2.24, 2.45) is 11.7 Å². The molecular formula is C13H17N3O2S. The summed E-state index contributed by atoms with van der Waals surface area (Å²) in [6.07, 6.45) is 2.11. The smallest absolute Gasteiger partial charge is 0.319 e. The summed E-state index contributed by atoms with van der Waals surface area (Å²) in [5.74, 6) is 1.07. The van der Waals surface area contributed by atoms with Gasteiger partial charge in [0.25, 0.3) is 0 Å². The molecule has 1 fully saturated rings. The maximum Gasteiger partial charge on any atom is 0.319 e. The molecule has 5 nitrogen and oxygen atoms in total. The molecule has 1 aromatic carbocycles. The van der Waals surface area contributed by atoms with Gasteiger partial charge in [-0.2, -0.15) is 0 Å². The molecule has 0 radical (unpaired) electrons. The standard InChI is InChI=1S/C13H17N3O2S/c1-18-10-4-2-3-9(7-10)15-13(17)16-11(12(14)19)8-5-6-8/h2-4,7-8,11H,5-6H2,1H3,(H2,14,19)(H2,15,16,17). The molecular weight excluding hydrogens is 262 g/mol. The first-order valence-corrected chi connectivity index (χ1v) is 6.52. The lowest BCUT2D eigenvalue weighted by molar-refractivity contribution is 0.250. The van der Waals surface area contributed by atoms with E-state index in [9.17, 15) is 4.79 Å². The van der Waals surface area contributed by atoms with Crippen LogP contribution in [0.25, 0.3) is 0 Å². The second kappa shape index (κ2) is 5.88. The summed E-state index contributed by atoms with van der Waals surface area (Å²) in [5.41, 5.74) is 6.30. The molecule has 0 aromatic heterocycles. The number of methoxy groups -OCH3 is 1. The van der Waals surface area contributed by atoms with Crippen molar-refractivity contribution in [3.8, 4) is 5.75 Å². The van der Waals surface area contributed by atoms with Crippen LogP contribution in [0.3, 0.4) is 0 Å². The molecule has 1 unspecified atom stereocenters. The average Bonchev–Trinajstić information content (AvgIpc) is 3.20. The first kappa shape index (κ1) is 13.6. The largest absolute Gasteiger partial charge is 0.497 e. The molecule has 0 aliphatic heterocycles. The number of thiocarbonyl (C=S) groups is 1. The van der Waals surface area contributed by atoms with Crippen molar-refractivity contribution < 1.29 is 9.53 Å². The van der Waals surface area contributed by atoms with Gasteiger partial charge in [0.15, 0.2) is 0 Å². The Hall–Kier alpha value is -1.82. The molecule has 0 bridgehead atoms. The summed E-state index contributed by atoms with van der Waals surface area (Å²) in [4.78, 5) is 12.2. The average molecular weight is 279 g/mol. The highest BCUT2D eigenvalue weighted by molar-refractivity contribution is 7.80. The van der Waals surface area contributed by atoms with Gasteiger partial charge in [-0.3, -0.25) is 0 Å². The minimum absolute atomic E-state index is 0.222. The highest BCUT2D eigenvalue weighted by Gasteiger charge is 2.34. The van der Waals surface area contributed by atoms with Gasteiger partial charge in [-0.15, -0.1) is 0 Å². The van der Waals surface area contributed by atoms with E-state index < -0.39 is 0 Å². The molecule has 1 saturated carbocycles. The van der Waals surface area contributed by atoms with Crippen LogP contribution >= 0.6 is 12.2 Å². The number of benzene rings is 1. The summed E-state index contributed by atoms with van der Waals surface area (Å²) >= 11 is 4.97. The predicted molar refractivity (Wildman–Crippen MR) is 78.4 cm³/mol. The Labute approximate surface area is 117 Å². The fraction of sp³-hybridized carbons (Fsp3) is 0.385. The molecule has 1 atom stereocenters. The second-order valence-electron chi connectivity index (χ2n) is 4.55. The maximum absolute atomic E-state index is 11.9. The van der Waals surface area contributed by atoms with Crippen LogP contribution in [0.5, 0.6) is 5.75 Å². The van der Waals surface area contributed by atoms with Crippen molar-refractivity contribution in [3.05, 3.63) is 24.3 Å². The van der Waals surface area contributed by atoms with Gasteiger partial charge in [0.05, 0.1) is 18.1 Å². The molecule has 6 heteroatoms. The van der Waals surface area contributed by atoms with Crippen LogP contribution in [0, 0.1) is 5.92 Å². The highest BCUT2D eigenvalue weighted by Crippen LogP contribution is 2.32. The van der Waals surface area contributed by atoms with Crippen molar-refractivity contribution in [3.63, 3.8) is 0 Å². The van der Waals surface area contributed by atoms with E-state index in [0.29, 0.717) is 22.3 Å². The third kappa shape index (κ3) is 3.82. The molecule has 2 rings (SSSR count). The van der Waals surface area contributed by atoms with Crippen molar-refractivity contribution >= 4 is 28.9 Å². The fourth-order valence-electron chi connectivity index (χ4n) is 1.86. The van der Waals surface area contributed by atoms with Crippen molar-refractivity contribution in [2.45, 2.75) is 18.9 Å². The Morgan fingerprint density at radius 2 is 2.26 bits per heavy atom. The number of anilines is 1. The summed E-state index contributed by atoms with van der Waals surface area (Å²) < 4.78 is 5.09. The number of urea groups is 1. The Balaban J connectivity index is 1.94. The Morgan fingerprint density at radius 3 is 2.84 bits per heavy atom. The number of nitrogens with one attached hydrogen (secondary N) is 2. The number of hydrogen-bond acceptors (Lipinski definition) is 3. The van der Waals surface area contributed by atoms with Gasteiger partial charge in [-0.1, -0.05) is 18.3 Å². The van der Waals surface area contributed by atoms with E-state index in [2.05, 4.69) is 10.6 Å². The molecule has 4 N–H and O–H groups in total. The summed E-state index contributed by atoms with van der Waals surface area (Å²) in [5, 5.41) is 5.55. The molecule has 1 aliphatic carbocycles. The number of hydrogen-bond donors (Lipinski definition) is 3. The minimum atomic E-state index is -0.307. The van der Waals surface area contributed by atoms with E-state index in [4.69, 9.17) is 22.7 Å². The quantitative estimate of drug-likeness (QED) is 0.719. The molecule has 19 heavy (non-hydrogen) atoms.